The van der Waals surface area contributed by atoms with Crippen LogP contribution in [0.15, 0.2) is 17.3 Å². The van der Waals surface area contributed by atoms with Crippen molar-refractivity contribution < 1.29 is 17.9 Å². The quantitative estimate of drug-likeness (QED) is 0.774. The number of pyridine rings is 1. The monoisotopic (exact) mass is 398 g/mol. The van der Waals surface area contributed by atoms with Gasteiger partial charge in [-0.25, -0.2) is 18.2 Å². The summed E-state index contributed by atoms with van der Waals surface area (Å²) in [6, 6.07) is 1.39. The maximum atomic E-state index is 11.6. The highest BCUT2D eigenvalue weighted by atomic mass is 127. The summed E-state index contributed by atoms with van der Waals surface area (Å²) in [4.78, 5) is 15.4. The fourth-order valence-electron chi connectivity index (χ4n) is 1.12. The van der Waals surface area contributed by atoms with Crippen molar-refractivity contribution in [1.82, 2.24) is 4.98 Å². The van der Waals surface area contributed by atoms with Gasteiger partial charge >= 0.3 is 6.09 Å². The van der Waals surface area contributed by atoms with E-state index in [0.29, 0.717) is 9.26 Å². The zero-order chi connectivity index (χ0) is 14.8. The zero-order valence-corrected chi connectivity index (χ0v) is 14.0. The number of rotatable bonds is 2. The van der Waals surface area contributed by atoms with Crippen molar-refractivity contribution in [1.29, 1.82) is 0 Å². The number of carbonyl (C=O) groups excluding carboxylic acids is 1. The first-order valence-electron chi connectivity index (χ1n) is 5.34. The standard InChI is InChI=1S/C11H15IN2O4S/c1-11(2,3)18-10(15)14-8-6-13-9(5-7(8)12)19(4,16)17/h5-6H,1-4H3,(H,14,15). The molecule has 106 valence electrons. The van der Waals surface area contributed by atoms with E-state index in [-0.39, 0.29) is 5.03 Å². The van der Waals surface area contributed by atoms with Gasteiger partial charge in [-0.15, -0.1) is 0 Å². The molecule has 0 radical (unpaired) electrons. The third kappa shape index (κ3) is 5.31. The molecule has 1 amide bonds. The minimum Gasteiger partial charge on any atom is -0.444 e. The van der Waals surface area contributed by atoms with E-state index in [0.717, 1.165) is 6.26 Å². The van der Waals surface area contributed by atoms with E-state index in [1.165, 1.54) is 12.3 Å². The van der Waals surface area contributed by atoms with Gasteiger partial charge in [0.05, 0.1) is 11.9 Å². The first-order valence-corrected chi connectivity index (χ1v) is 8.32. The molecule has 8 heteroatoms. The molecule has 0 aliphatic heterocycles. The zero-order valence-electron chi connectivity index (χ0n) is 11.0. The van der Waals surface area contributed by atoms with Gasteiger partial charge in [0.2, 0.25) is 0 Å². The minimum atomic E-state index is -3.36. The molecule has 1 aromatic rings. The van der Waals surface area contributed by atoms with E-state index in [1.807, 2.05) is 22.6 Å². The lowest BCUT2D eigenvalue weighted by Crippen LogP contribution is -2.27. The third-order valence-corrected chi connectivity index (χ3v) is 3.72. The van der Waals surface area contributed by atoms with Crippen LogP contribution >= 0.6 is 22.6 Å². The Morgan fingerprint density at radius 3 is 2.42 bits per heavy atom. The molecule has 0 fully saturated rings. The van der Waals surface area contributed by atoms with Crippen LogP contribution in [0.3, 0.4) is 0 Å². The number of amides is 1. The highest BCUT2D eigenvalue weighted by Gasteiger charge is 2.18. The van der Waals surface area contributed by atoms with Crippen LogP contribution in [0.4, 0.5) is 10.5 Å². The molecule has 0 saturated carbocycles. The Hall–Kier alpha value is -0.900. The second-order valence-electron chi connectivity index (χ2n) is 4.90. The van der Waals surface area contributed by atoms with Crippen LogP contribution in [0.1, 0.15) is 20.8 Å². The number of nitrogens with zero attached hydrogens (tertiary/aromatic N) is 1. The molecule has 1 N–H and O–H groups in total. The van der Waals surface area contributed by atoms with Crippen molar-refractivity contribution in [3.8, 4) is 0 Å². The molecule has 1 heterocycles. The van der Waals surface area contributed by atoms with Crippen molar-refractivity contribution in [3.05, 3.63) is 15.8 Å². The number of halogens is 1. The Bertz CT molecular complexity index is 593. The Kier molecular flexibility index (Phi) is 4.77. The number of aromatic nitrogens is 1. The average Bonchev–Trinajstić information content (AvgIpc) is 2.16. The molecule has 19 heavy (non-hydrogen) atoms. The molecule has 0 aliphatic carbocycles. The van der Waals surface area contributed by atoms with Crippen LogP contribution < -0.4 is 5.32 Å². The van der Waals surface area contributed by atoms with Crippen LogP contribution in [-0.2, 0) is 14.6 Å². The number of hydrogen-bond donors (Lipinski definition) is 1. The molecular formula is C11H15IN2O4S. The summed E-state index contributed by atoms with van der Waals surface area (Å²) in [5.41, 5.74) is -0.197. The number of hydrogen-bond acceptors (Lipinski definition) is 5. The van der Waals surface area contributed by atoms with E-state index in [2.05, 4.69) is 10.3 Å². The van der Waals surface area contributed by atoms with Gasteiger partial charge in [-0.2, -0.15) is 0 Å². The van der Waals surface area contributed by atoms with Crippen molar-refractivity contribution in [2.75, 3.05) is 11.6 Å². The molecular weight excluding hydrogens is 383 g/mol. The van der Waals surface area contributed by atoms with Crippen molar-refractivity contribution in [2.24, 2.45) is 0 Å². The summed E-state index contributed by atoms with van der Waals surface area (Å²) in [5.74, 6) is 0. The second-order valence-corrected chi connectivity index (χ2v) is 8.03. The van der Waals surface area contributed by atoms with Gasteiger partial charge in [-0.3, -0.25) is 5.32 Å². The Labute approximate surface area is 126 Å². The predicted molar refractivity (Wildman–Crippen MR) is 79.9 cm³/mol. The summed E-state index contributed by atoms with van der Waals surface area (Å²) in [6.07, 6.45) is 1.76. The maximum Gasteiger partial charge on any atom is 0.412 e. The normalized spacial score (nSPS) is 12.1. The van der Waals surface area contributed by atoms with Gasteiger partial charge in [0, 0.05) is 9.83 Å². The Morgan fingerprint density at radius 1 is 1.42 bits per heavy atom. The van der Waals surface area contributed by atoms with E-state index >= 15 is 0 Å². The third-order valence-electron chi connectivity index (χ3n) is 1.84. The number of ether oxygens (including phenoxy) is 1. The lowest BCUT2D eigenvalue weighted by molar-refractivity contribution is 0.0635. The first kappa shape index (κ1) is 16.2. The van der Waals surface area contributed by atoms with Gasteiger partial charge < -0.3 is 4.74 Å². The van der Waals surface area contributed by atoms with E-state index < -0.39 is 21.5 Å². The fraction of sp³-hybridized carbons (Fsp3) is 0.455. The average molecular weight is 398 g/mol. The molecule has 1 rings (SSSR count). The van der Waals surface area contributed by atoms with Crippen LogP contribution in [0.25, 0.3) is 0 Å². The summed E-state index contributed by atoms with van der Waals surface area (Å²) in [5, 5.41) is 2.48. The molecule has 0 bridgehead atoms. The molecule has 0 unspecified atom stereocenters. The second kappa shape index (κ2) is 5.61. The summed E-state index contributed by atoms with van der Waals surface area (Å²) in [6.45, 7) is 5.26. The Balaban J connectivity index is 2.90. The minimum absolute atomic E-state index is 0.0355. The SMILES string of the molecule is CC(C)(C)OC(=O)Nc1cnc(S(C)(=O)=O)cc1I. The lowest BCUT2D eigenvalue weighted by atomic mass is 10.2. The molecule has 0 aliphatic rings. The topological polar surface area (TPSA) is 85.4 Å². The molecule has 0 spiro atoms. The van der Waals surface area contributed by atoms with Crippen LogP contribution in [0, 0.1) is 3.57 Å². The van der Waals surface area contributed by atoms with Gasteiger partial charge in [-0.05, 0) is 49.4 Å². The predicted octanol–water partition coefficient (Wildman–Crippen LogP) is 2.44. The van der Waals surface area contributed by atoms with Crippen molar-refractivity contribution in [2.45, 2.75) is 31.4 Å². The molecule has 1 aromatic heterocycles. The molecule has 0 aromatic carbocycles. The Morgan fingerprint density at radius 2 is 2.00 bits per heavy atom. The van der Waals surface area contributed by atoms with Gasteiger partial charge in [0.25, 0.3) is 0 Å². The maximum absolute atomic E-state index is 11.6. The number of anilines is 1. The first-order chi connectivity index (χ1) is 8.49. The lowest BCUT2D eigenvalue weighted by Gasteiger charge is -2.19. The van der Waals surface area contributed by atoms with Gasteiger partial charge in [0.15, 0.2) is 14.9 Å². The molecule has 0 atom stereocenters. The number of carbonyl (C=O) groups is 1. The van der Waals surface area contributed by atoms with E-state index in [1.54, 1.807) is 20.8 Å². The van der Waals surface area contributed by atoms with Crippen molar-refractivity contribution in [3.63, 3.8) is 0 Å². The number of nitrogens with one attached hydrogen (secondary N) is 1. The largest absolute Gasteiger partial charge is 0.444 e. The highest BCUT2D eigenvalue weighted by molar-refractivity contribution is 14.1. The molecule has 6 nitrogen and oxygen atoms in total. The molecule has 0 saturated heterocycles. The number of sulfone groups is 1. The van der Waals surface area contributed by atoms with E-state index in [9.17, 15) is 13.2 Å². The van der Waals surface area contributed by atoms with E-state index in [4.69, 9.17) is 4.74 Å². The summed E-state index contributed by atoms with van der Waals surface area (Å²) < 4.78 is 28.3. The summed E-state index contributed by atoms with van der Waals surface area (Å²) in [7, 11) is -3.36. The van der Waals surface area contributed by atoms with Crippen LogP contribution in [-0.4, -0.2) is 31.4 Å². The summed E-state index contributed by atoms with van der Waals surface area (Å²) >= 11 is 1.92. The van der Waals surface area contributed by atoms with Gasteiger partial charge in [0.1, 0.15) is 5.60 Å². The highest BCUT2D eigenvalue weighted by Crippen LogP contribution is 2.20. The fourth-order valence-corrected chi connectivity index (χ4v) is 2.48. The van der Waals surface area contributed by atoms with Crippen LogP contribution in [0.2, 0.25) is 0 Å². The smallest absolute Gasteiger partial charge is 0.412 e. The van der Waals surface area contributed by atoms with Crippen molar-refractivity contribution >= 4 is 44.2 Å². The van der Waals surface area contributed by atoms with Gasteiger partial charge in [-0.1, -0.05) is 0 Å². The van der Waals surface area contributed by atoms with Crippen LogP contribution in [0.5, 0.6) is 0 Å².